The number of fused-ring (bicyclic) bond motifs is 2. The summed E-state index contributed by atoms with van der Waals surface area (Å²) in [6.07, 6.45) is 10.6. The van der Waals surface area contributed by atoms with Crippen LogP contribution in [0.25, 0.3) is 0 Å². The summed E-state index contributed by atoms with van der Waals surface area (Å²) in [5.74, 6) is 0. The van der Waals surface area contributed by atoms with Gasteiger partial charge in [0.05, 0.1) is 22.0 Å². The van der Waals surface area contributed by atoms with Crippen LogP contribution in [0.4, 0.5) is 22.7 Å². The number of likely N-dealkylation sites (N-methyl/N-ethyl adjacent to an activating group) is 1. The minimum absolute atomic E-state index is 0.0646. The number of benzene rings is 4. The third-order valence-electron chi connectivity index (χ3n) is 10.7. The molecule has 3 heterocycles. The fourth-order valence-electron chi connectivity index (χ4n) is 7.88. The Morgan fingerprint density at radius 2 is 1.49 bits per heavy atom. The number of sulfonamides is 1. The van der Waals surface area contributed by atoms with Crippen molar-refractivity contribution in [2.24, 2.45) is 0 Å². The Morgan fingerprint density at radius 3 is 2.22 bits per heavy atom. The zero-order valence-corrected chi connectivity index (χ0v) is 31.2. The Balaban J connectivity index is 0.981. The number of hydrogen-bond donors (Lipinski definition) is 2. The number of likely N-dealkylation sites (tertiary alicyclic amines) is 1. The van der Waals surface area contributed by atoms with Gasteiger partial charge in [-0.25, -0.2) is 8.42 Å². The first-order chi connectivity index (χ1) is 24.3. The van der Waals surface area contributed by atoms with E-state index in [1.54, 1.807) is 12.1 Å². The van der Waals surface area contributed by atoms with Crippen LogP contribution < -0.4 is 14.9 Å². The summed E-state index contributed by atoms with van der Waals surface area (Å²) in [4.78, 5) is 4.78. The molecule has 0 bridgehead atoms. The molecule has 2 N–H and O–H groups in total. The second kappa shape index (κ2) is 13.3. The van der Waals surface area contributed by atoms with Crippen molar-refractivity contribution in [1.29, 1.82) is 0 Å². The van der Waals surface area contributed by atoms with E-state index in [9.17, 15) is 8.42 Å². The van der Waals surface area contributed by atoms with Crippen LogP contribution in [0.1, 0.15) is 44.4 Å². The van der Waals surface area contributed by atoms with Crippen molar-refractivity contribution >= 4 is 38.5 Å². The monoisotopic (exact) mass is 698 g/mol. The smallest absolute Gasteiger partial charge is 0.261 e. The minimum atomic E-state index is -3.77. The molecule has 0 saturated carbocycles. The number of rotatable bonds is 10. The second-order valence-corrected chi connectivity index (χ2v) is 16.6. The molecule has 0 amide bonds. The molecule has 0 spiro atoms. The van der Waals surface area contributed by atoms with Gasteiger partial charge in [0.2, 0.25) is 5.69 Å². The molecule has 7 nitrogen and oxygen atoms in total. The molecule has 0 unspecified atom stereocenters. The third-order valence-corrected chi connectivity index (χ3v) is 12.1. The number of allylic oxidation sites excluding steroid dienone is 6. The zero-order valence-electron chi connectivity index (χ0n) is 30.4. The Kier molecular flexibility index (Phi) is 9.02. The Bertz CT molecular complexity index is 2170. The lowest BCUT2D eigenvalue weighted by Crippen LogP contribution is -2.53. The van der Waals surface area contributed by atoms with E-state index in [1.807, 2.05) is 43.4 Å². The van der Waals surface area contributed by atoms with E-state index in [4.69, 9.17) is 0 Å². The first-order valence-corrected chi connectivity index (χ1v) is 19.1. The molecule has 7 rings (SSSR count). The van der Waals surface area contributed by atoms with E-state index >= 15 is 0 Å². The molecule has 0 aliphatic carbocycles. The highest BCUT2D eigenvalue weighted by atomic mass is 32.2. The average molecular weight is 699 g/mol. The zero-order chi connectivity index (χ0) is 36.0. The Morgan fingerprint density at radius 1 is 0.804 bits per heavy atom. The van der Waals surface area contributed by atoms with E-state index in [2.05, 4.69) is 138 Å². The number of nitrogens with one attached hydrogen (secondary N) is 2. The second-order valence-electron chi connectivity index (χ2n) is 14.9. The highest BCUT2D eigenvalue weighted by Gasteiger charge is 2.42. The first-order valence-electron chi connectivity index (χ1n) is 17.6. The maximum Gasteiger partial charge on any atom is 0.261 e. The van der Waals surface area contributed by atoms with Crippen LogP contribution in [-0.4, -0.2) is 56.8 Å². The maximum absolute atomic E-state index is 13.4. The average Bonchev–Trinajstić information content (AvgIpc) is 3.40. The van der Waals surface area contributed by atoms with E-state index in [0.29, 0.717) is 11.7 Å². The van der Waals surface area contributed by atoms with Crippen molar-refractivity contribution < 1.29 is 13.0 Å². The molecule has 3 aliphatic heterocycles. The van der Waals surface area contributed by atoms with Gasteiger partial charge in [0, 0.05) is 66.9 Å². The van der Waals surface area contributed by atoms with Gasteiger partial charge >= 0.3 is 0 Å². The summed E-state index contributed by atoms with van der Waals surface area (Å²) in [5.41, 5.74) is 9.58. The van der Waals surface area contributed by atoms with Gasteiger partial charge in [0.25, 0.3) is 10.0 Å². The van der Waals surface area contributed by atoms with Crippen molar-refractivity contribution in [2.75, 3.05) is 42.1 Å². The minimum Gasteiger partial charge on any atom is -0.380 e. The van der Waals surface area contributed by atoms with Crippen molar-refractivity contribution in [1.82, 2.24) is 4.90 Å². The predicted molar refractivity (Wildman–Crippen MR) is 211 cm³/mol. The summed E-state index contributed by atoms with van der Waals surface area (Å²) in [7, 11) is 0.399. The summed E-state index contributed by atoms with van der Waals surface area (Å²) in [6.45, 7) is 11.8. The summed E-state index contributed by atoms with van der Waals surface area (Å²) in [6, 6.07) is 32.3. The molecule has 1 saturated heterocycles. The number of anilines is 3. The predicted octanol–water partition coefficient (Wildman–Crippen LogP) is 8.21. The SMILES string of the molecule is CN1C(=CC=CC=CC2=[N+](C)c3ccccc3C2(C)C)C(C)(C)c2ccc(NS(=O)(=O)c3ccc(NC4CN(Cc5ccccc5)C4)cc3)cc21. The van der Waals surface area contributed by atoms with Gasteiger partial charge in [-0.3, -0.25) is 9.62 Å². The van der Waals surface area contributed by atoms with Crippen molar-refractivity contribution in [3.63, 3.8) is 0 Å². The van der Waals surface area contributed by atoms with Crippen LogP contribution in [0.3, 0.4) is 0 Å². The van der Waals surface area contributed by atoms with Gasteiger partial charge in [0.15, 0.2) is 5.71 Å². The van der Waals surface area contributed by atoms with Crippen LogP contribution >= 0.6 is 0 Å². The standard InChI is InChI=1S/C43H48N5O2S/c1-42(2)36-17-13-14-18-38(36)46(5)40(42)19-11-8-12-20-41-43(3,4)37-26-23-33(27-39(37)47(41)6)45-51(49,50)35-24-21-32(22-25-35)44-34-29-48(30-34)28-31-15-9-7-10-16-31/h7-27,34,44-45H,28-30H2,1-6H3/q+1. The van der Waals surface area contributed by atoms with Gasteiger partial charge in [-0.1, -0.05) is 86.7 Å². The van der Waals surface area contributed by atoms with Crippen LogP contribution in [0.15, 0.2) is 138 Å². The number of nitrogens with zero attached hydrogens (tertiary/aromatic N) is 3. The van der Waals surface area contributed by atoms with Crippen LogP contribution in [0.2, 0.25) is 0 Å². The van der Waals surface area contributed by atoms with Crippen LogP contribution in [-0.2, 0) is 27.4 Å². The van der Waals surface area contributed by atoms with E-state index in [-0.39, 0.29) is 15.7 Å². The van der Waals surface area contributed by atoms with Crippen molar-refractivity contribution in [3.8, 4) is 0 Å². The van der Waals surface area contributed by atoms with Gasteiger partial charge in [-0.05, 0) is 67.4 Å². The van der Waals surface area contributed by atoms with E-state index < -0.39 is 10.0 Å². The number of hydrogen-bond acceptors (Lipinski definition) is 5. The molecule has 1 fully saturated rings. The first kappa shape index (κ1) is 34.5. The number of para-hydroxylation sites is 1. The Labute approximate surface area is 303 Å². The molecule has 0 aromatic heterocycles. The largest absolute Gasteiger partial charge is 0.380 e. The highest BCUT2D eigenvalue weighted by Crippen LogP contribution is 2.48. The molecule has 4 aromatic carbocycles. The molecule has 0 atom stereocenters. The Hall–Kier alpha value is -4.92. The quantitative estimate of drug-likeness (QED) is 0.129. The van der Waals surface area contributed by atoms with E-state index in [1.165, 1.54) is 22.5 Å². The van der Waals surface area contributed by atoms with Crippen molar-refractivity contribution in [2.45, 2.75) is 56.0 Å². The topological polar surface area (TPSA) is 67.7 Å². The fourth-order valence-corrected chi connectivity index (χ4v) is 8.93. The molecular weight excluding hydrogens is 651 g/mol. The molecule has 8 heteroatoms. The van der Waals surface area contributed by atoms with Crippen LogP contribution in [0.5, 0.6) is 0 Å². The molecular formula is C43H48N5O2S+. The summed E-state index contributed by atoms with van der Waals surface area (Å²) >= 11 is 0. The molecule has 51 heavy (non-hydrogen) atoms. The molecule has 262 valence electrons. The lowest BCUT2D eigenvalue weighted by molar-refractivity contribution is -0.401. The lowest BCUT2D eigenvalue weighted by atomic mass is 9.81. The fraction of sp³-hybridized carbons (Fsp3) is 0.279. The van der Waals surface area contributed by atoms with Crippen LogP contribution in [0, 0.1) is 0 Å². The van der Waals surface area contributed by atoms with Gasteiger partial charge in [-0.15, -0.1) is 0 Å². The highest BCUT2D eigenvalue weighted by molar-refractivity contribution is 7.92. The lowest BCUT2D eigenvalue weighted by Gasteiger charge is -2.40. The van der Waals surface area contributed by atoms with E-state index in [0.717, 1.165) is 42.3 Å². The van der Waals surface area contributed by atoms with Gasteiger partial charge in [0.1, 0.15) is 7.05 Å². The molecule has 0 radical (unpaired) electrons. The maximum atomic E-state index is 13.4. The molecule has 3 aliphatic rings. The normalized spacial score (nSPS) is 19.2. The van der Waals surface area contributed by atoms with Gasteiger partial charge < -0.3 is 10.2 Å². The van der Waals surface area contributed by atoms with Gasteiger partial charge in [-0.2, -0.15) is 4.58 Å². The summed E-state index contributed by atoms with van der Waals surface area (Å²) in [5, 5.41) is 3.53. The summed E-state index contributed by atoms with van der Waals surface area (Å²) < 4.78 is 32.0. The van der Waals surface area contributed by atoms with Crippen molar-refractivity contribution in [3.05, 3.63) is 150 Å². The molecule has 4 aromatic rings. The third kappa shape index (κ3) is 6.66.